The Morgan fingerprint density at radius 1 is 0.505 bits per heavy atom. The first-order valence-corrected chi connectivity index (χ1v) is 32.3. The maximum absolute atomic E-state index is 14.0. The average molecular weight is 1470 g/mol. The first-order valence-electron chi connectivity index (χ1n) is 31.1. The van der Waals surface area contributed by atoms with Gasteiger partial charge in [0, 0.05) is 68.3 Å². The molecule has 3 heterocycles. The largest absolute Gasteiger partial charge is 0.467 e. The van der Waals surface area contributed by atoms with Crippen LogP contribution in [0, 0.1) is 0 Å². The number of alkyl halides is 3. The summed E-state index contributed by atoms with van der Waals surface area (Å²) in [5.41, 5.74) is -0.897. The van der Waals surface area contributed by atoms with Gasteiger partial charge < -0.3 is 90.6 Å². The Labute approximate surface area is 585 Å². The van der Waals surface area contributed by atoms with Crippen LogP contribution >= 0.6 is 34.8 Å². The van der Waals surface area contributed by atoms with Crippen molar-refractivity contribution in [3.63, 3.8) is 0 Å². The highest BCUT2D eigenvalue weighted by atomic mass is 35.6. The highest BCUT2D eigenvalue weighted by Crippen LogP contribution is 2.36. The monoisotopic (exact) mass is 1460 g/mol. The van der Waals surface area contributed by atoms with E-state index in [1.807, 2.05) is 0 Å². The van der Waals surface area contributed by atoms with Crippen molar-refractivity contribution in [2.75, 3.05) is 60.3 Å². The highest BCUT2D eigenvalue weighted by molar-refractivity contribution is 6.67. The molecule has 3 aliphatic heterocycles. The van der Waals surface area contributed by atoms with Gasteiger partial charge in [-0.1, -0.05) is 84.0 Å². The molecule has 3 saturated heterocycles. The Kier molecular flexibility index (Phi) is 32.7. The Balaban J connectivity index is 1.41. The zero-order chi connectivity index (χ0) is 73.3. The summed E-state index contributed by atoms with van der Waals surface area (Å²) < 4.78 is 103. The second-order valence-electron chi connectivity index (χ2n) is 23.4. The van der Waals surface area contributed by atoms with Gasteiger partial charge in [0.15, 0.2) is 73.8 Å². The van der Waals surface area contributed by atoms with E-state index in [9.17, 15) is 57.5 Å². The molecule has 99 heavy (non-hydrogen) atoms. The van der Waals surface area contributed by atoms with Gasteiger partial charge in [-0.15, -0.1) is 0 Å². The van der Waals surface area contributed by atoms with Gasteiger partial charge in [-0.05, 0) is 57.9 Å². The number of methoxy groups -OCH3 is 2. The second-order valence-corrected chi connectivity index (χ2v) is 25.9. The number of esters is 10. The highest BCUT2D eigenvalue weighted by Gasteiger charge is 2.58. The molecule has 32 nitrogen and oxygen atoms in total. The van der Waals surface area contributed by atoms with Crippen molar-refractivity contribution in [3.05, 3.63) is 71.8 Å². The Bertz CT molecular complexity index is 3060. The summed E-state index contributed by atoms with van der Waals surface area (Å²) in [6, 6.07) is 15.2. The van der Waals surface area contributed by atoms with Crippen LogP contribution in [0.15, 0.2) is 60.7 Å². The van der Waals surface area contributed by atoms with Gasteiger partial charge in [0.25, 0.3) is 0 Å². The molecule has 2 aromatic rings. The maximum Gasteiger partial charge on any atom is 0.410 e. The molecule has 0 aliphatic carbocycles. The van der Waals surface area contributed by atoms with Crippen LogP contribution in [0.5, 0.6) is 0 Å². The molecular weight excluding hydrogens is 1380 g/mol. The van der Waals surface area contributed by atoms with Crippen molar-refractivity contribution in [2.24, 2.45) is 0 Å². The van der Waals surface area contributed by atoms with Crippen molar-refractivity contribution in [3.8, 4) is 0 Å². The SMILES string of the molecule is COC(=O)[C@H]1O[C@@H](OC[C@H]2O[C@@H](OC[C@H]3O[C@@H](OCCCCCCNC(=O)CN(CCC(=O)OCC(Cl)(Cl)Cl)C(=O)OC(C)(C)C)[C@H](OC(C)=O)[C@@H](OC(C)=O)[C@H]3OC(C)=O)[C@H](OC(C)=O)[C@@H](OC(C)=O)[C@H]2OC(C)=O)[C@H](OC(=O)c2ccccc2)[C@@H](OC(=O)c2ccccc2)[C@@H]1OC. The van der Waals surface area contributed by atoms with E-state index in [0.717, 1.165) is 60.7 Å². The number of unbranched alkanes of at least 4 members (excludes halogenated alkanes) is 3. The number of nitrogens with one attached hydrogen (secondary N) is 1. The number of nitrogens with zero attached hydrogens (tertiary/aromatic N) is 1. The summed E-state index contributed by atoms with van der Waals surface area (Å²) >= 11 is 17.0. The van der Waals surface area contributed by atoms with Gasteiger partial charge in [-0.3, -0.25) is 43.3 Å². The Morgan fingerprint density at radius 2 is 0.919 bits per heavy atom. The van der Waals surface area contributed by atoms with Crippen molar-refractivity contribution in [2.45, 2.75) is 196 Å². The van der Waals surface area contributed by atoms with Crippen LogP contribution < -0.4 is 5.32 Å². The van der Waals surface area contributed by atoms with Crippen LogP contribution in [-0.2, 0) is 128 Å². The number of rotatable bonds is 32. The van der Waals surface area contributed by atoms with Crippen molar-refractivity contribution in [1.82, 2.24) is 10.2 Å². The summed E-state index contributed by atoms with van der Waals surface area (Å²) in [6.45, 7) is 8.00. The molecule has 5 rings (SSSR count). The molecule has 0 aromatic heterocycles. The Hall–Kier alpha value is -7.53. The van der Waals surface area contributed by atoms with E-state index in [1.54, 1.807) is 57.2 Å². The van der Waals surface area contributed by atoms with E-state index in [2.05, 4.69) is 5.32 Å². The van der Waals surface area contributed by atoms with E-state index in [1.165, 1.54) is 24.3 Å². The van der Waals surface area contributed by atoms with Crippen LogP contribution in [0.4, 0.5) is 4.79 Å². The minimum absolute atomic E-state index is 0.00757. The number of halogens is 3. The number of amides is 2. The number of hydrogen-bond donors (Lipinski definition) is 1. The number of carbonyl (C=O) groups is 12. The van der Waals surface area contributed by atoms with E-state index in [0.29, 0.717) is 25.7 Å². The molecule has 0 radical (unpaired) electrons. The topological polar surface area (TPSA) is 386 Å². The molecule has 2 amide bonds. The van der Waals surface area contributed by atoms with Crippen LogP contribution in [0.25, 0.3) is 0 Å². The first-order chi connectivity index (χ1) is 46.7. The number of benzene rings is 2. The third-order valence-corrected chi connectivity index (χ3v) is 14.5. The fraction of sp³-hybridized carbons (Fsp3) is 0.625. The molecule has 3 fully saturated rings. The van der Waals surface area contributed by atoms with Crippen LogP contribution in [0.2, 0.25) is 0 Å². The summed E-state index contributed by atoms with van der Waals surface area (Å²) in [6.07, 6.45) is -25.7. The zero-order valence-electron chi connectivity index (χ0n) is 56.2. The van der Waals surface area contributed by atoms with Gasteiger partial charge in [0.1, 0.15) is 37.1 Å². The van der Waals surface area contributed by atoms with E-state index >= 15 is 0 Å². The lowest BCUT2D eigenvalue weighted by Gasteiger charge is -2.47. The smallest absolute Gasteiger partial charge is 0.410 e. The van der Waals surface area contributed by atoms with Gasteiger partial charge in [-0.25, -0.2) is 19.2 Å². The van der Waals surface area contributed by atoms with Crippen LogP contribution in [0.1, 0.15) is 115 Å². The van der Waals surface area contributed by atoms with E-state index in [-0.39, 0.29) is 37.2 Å². The zero-order valence-corrected chi connectivity index (χ0v) is 58.5. The fourth-order valence-electron chi connectivity index (χ4n) is 10.2. The summed E-state index contributed by atoms with van der Waals surface area (Å²) in [5, 5.41) is 2.72. The molecule has 550 valence electrons. The summed E-state index contributed by atoms with van der Waals surface area (Å²) in [4.78, 5) is 158. The van der Waals surface area contributed by atoms with Gasteiger partial charge in [0.05, 0.1) is 37.9 Å². The lowest BCUT2D eigenvalue weighted by Crippen LogP contribution is -2.66. The molecule has 2 aromatic carbocycles. The quantitative estimate of drug-likeness (QED) is 0.0450. The van der Waals surface area contributed by atoms with Crippen LogP contribution in [0.3, 0.4) is 0 Å². The molecule has 1 N–H and O–H groups in total. The maximum atomic E-state index is 14.0. The first kappa shape index (κ1) is 82.1. The minimum Gasteiger partial charge on any atom is -0.467 e. The average Bonchev–Trinajstić information content (AvgIpc) is 0.780. The molecule has 0 unspecified atom stereocenters. The molecule has 0 bridgehead atoms. The lowest BCUT2D eigenvalue weighted by atomic mass is 9.96. The van der Waals surface area contributed by atoms with E-state index in [4.69, 9.17) is 120 Å². The predicted octanol–water partition coefficient (Wildman–Crippen LogP) is 4.66. The molecule has 0 spiro atoms. The Morgan fingerprint density at radius 3 is 1.36 bits per heavy atom. The van der Waals surface area contributed by atoms with Crippen molar-refractivity contribution in [1.29, 1.82) is 0 Å². The molecule has 15 atom stereocenters. The molecule has 0 saturated carbocycles. The second kappa shape index (κ2) is 39.5. The van der Waals surface area contributed by atoms with Crippen molar-refractivity contribution < 1.29 is 143 Å². The standard InChI is InChI=1S/C64H83Cl3N2O30/c1-34(70)88-46-42(94-59(53(92-38(5)74)49(46)90-36(3)72)84-29-21-13-12-20-27-68-44(76)30-69(62(81)99-63(7,8)9)28-26-45(77)87-33-64(65,66)67)31-85-60-54(93-39(6)75)50(91-37(4)73)47(89-35(2)71)43(95-60)32-86-61-55(97-57(79)41-24-18-15-19-25-41)51(48(82-10)52(98-61)58(80)83-11)96-56(78)40-22-16-14-17-23-40/h14-19,22-25,42-43,46-55,59-61H,12-13,20-21,26-33H2,1-11H3,(H,68,76)/t42-,43-,46+,47+,48+,49+,50+,51+,52+,53-,54-,55-,59-,60-,61-/m1/s1. The molecule has 35 heteroatoms. The fourth-order valence-corrected chi connectivity index (χ4v) is 10.3. The minimum atomic E-state index is -1.95. The lowest BCUT2D eigenvalue weighted by molar-refractivity contribution is -0.343. The number of carbonyl (C=O) groups excluding carboxylic acids is 12. The number of ether oxygens (including phenoxy) is 18. The van der Waals surface area contributed by atoms with E-state index < -0.39 is 200 Å². The third kappa shape index (κ3) is 27.2. The molecule has 3 aliphatic rings. The normalized spacial score (nSPS) is 25.2. The third-order valence-electron chi connectivity index (χ3n) is 14.2. The molecular formula is C64H83Cl3N2O30. The summed E-state index contributed by atoms with van der Waals surface area (Å²) in [7, 11) is 2.19. The van der Waals surface area contributed by atoms with Crippen LogP contribution in [-0.4, -0.2) is 238 Å². The number of hydrogen-bond acceptors (Lipinski definition) is 30. The predicted molar refractivity (Wildman–Crippen MR) is 336 cm³/mol. The van der Waals surface area contributed by atoms with Gasteiger partial charge in [0.2, 0.25) is 9.70 Å². The summed E-state index contributed by atoms with van der Waals surface area (Å²) in [5.74, 6) is -10.2. The van der Waals surface area contributed by atoms with Gasteiger partial charge in [-0.2, -0.15) is 0 Å². The van der Waals surface area contributed by atoms with Crippen molar-refractivity contribution >= 4 is 106 Å². The van der Waals surface area contributed by atoms with Gasteiger partial charge >= 0.3 is 65.8 Å².